The number of nitrogens with one attached hydrogen (secondary N) is 2. The van der Waals surface area contributed by atoms with Crippen molar-refractivity contribution in [2.24, 2.45) is 5.84 Å². The van der Waals surface area contributed by atoms with Crippen molar-refractivity contribution < 1.29 is 8.42 Å². The second-order valence-electron chi connectivity index (χ2n) is 4.93. The van der Waals surface area contributed by atoms with E-state index in [0.717, 1.165) is 10.4 Å². The maximum absolute atomic E-state index is 12.5. The number of nitrogens with two attached hydrogens (primary N) is 1. The van der Waals surface area contributed by atoms with Crippen LogP contribution in [-0.2, 0) is 16.6 Å². The van der Waals surface area contributed by atoms with E-state index in [1.165, 1.54) is 0 Å². The maximum Gasteiger partial charge on any atom is 0.241 e. The predicted octanol–water partition coefficient (Wildman–Crippen LogP) is 2.44. The molecule has 0 aliphatic heterocycles. The Morgan fingerprint density at radius 3 is 2.24 bits per heavy atom. The molecule has 1 aromatic heterocycles. The van der Waals surface area contributed by atoms with E-state index in [2.05, 4.69) is 10.1 Å². The Hall–Kier alpha value is -1.41. The number of nitrogen functional groups attached to an aromatic ring is 1. The maximum atomic E-state index is 12.5. The van der Waals surface area contributed by atoms with Crippen molar-refractivity contribution in [1.29, 1.82) is 0 Å². The molecule has 0 aliphatic carbocycles. The van der Waals surface area contributed by atoms with Gasteiger partial charge in [0.1, 0.15) is 0 Å². The van der Waals surface area contributed by atoms with Gasteiger partial charge in [0.05, 0.1) is 4.90 Å². The zero-order valence-electron chi connectivity index (χ0n) is 12.2. The molecule has 1 aromatic carbocycles. The number of anilines is 1. The lowest BCUT2D eigenvalue weighted by molar-refractivity contribution is 0.580. The number of hydrazine groups is 1. The van der Waals surface area contributed by atoms with Crippen molar-refractivity contribution in [3.63, 3.8) is 0 Å². The summed E-state index contributed by atoms with van der Waals surface area (Å²) >= 11 is 1.55. The number of rotatable bonds is 5. The minimum atomic E-state index is -3.55. The molecule has 4 N–H and O–H groups in total. The molecule has 2 aromatic rings. The highest BCUT2D eigenvalue weighted by Gasteiger charge is 2.20. The van der Waals surface area contributed by atoms with Crippen LogP contribution in [-0.4, -0.2) is 8.42 Å². The van der Waals surface area contributed by atoms with Gasteiger partial charge in [-0.3, -0.25) is 5.84 Å². The first-order valence-electron chi connectivity index (χ1n) is 6.45. The van der Waals surface area contributed by atoms with Crippen LogP contribution >= 0.6 is 11.3 Å². The first-order valence-corrected chi connectivity index (χ1v) is 8.82. The van der Waals surface area contributed by atoms with Gasteiger partial charge in [-0.15, -0.1) is 11.3 Å². The Balaban J connectivity index is 2.30. The van der Waals surface area contributed by atoms with Gasteiger partial charge in [0.25, 0.3) is 0 Å². The molecule has 0 radical (unpaired) electrons. The molecule has 0 atom stereocenters. The lowest BCUT2D eigenvalue weighted by atomic mass is 10.1. The number of hydrogen-bond acceptors (Lipinski definition) is 5. The minimum Gasteiger partial charge on any atom is -0.324 e. The standard InChI is InChI=1S/C14H19N3O2S2/c1-9-4-5-20-13(9)8-16-21(18,19)14-10(2)6-12(17-15)7-11(14)3/h4-7,16-17H,8,15H2,1-3H3. The third-order valence-electron chi connectivity index (χ3n) is 3.29. The third-order valence-corrected chi connectivity index (χ3v) is 6.02. The lowest BCUT2D eigenvalue weighted by Gasteiger charge is -2.14. The highest BCUT2D eigenvalue weighted by atomic mass is 32.2. The number of hydrogen-bond donors (Lipinski definition) is 3. The van der Waals surface area contributed by atoms with E-state index < -0.39 is 10.0 Å². The van der Waals surface area contributed by atoms with E-state index in [-0.39, 0.29) is 0 Å². The van der Waals surface area contributed by atoms with E-state index in [9.17, 15) is 8.42 Å². The molecule has 0 bridgehead atoms. The summed E-state index contributed by atoms with van der Waals surface area (Å²) < 4.78 is 27.7. The van der Waals surface area contributed by atoms with Crippen molar-refractivity contribution in [3.8, 4) is 0 Å². The van der Waals surface area contributed by atoms with Crippen LogP contribution in [0.4, 0.5) is 5.69 Å². The number of benzene rings is 1. The fourth-order valence-electron chi connectivity index (χ4n) is 2.28. The molecule has 0 amide bonds. The van der Waals surface area contributed by atoms with Crippen molar-refractivity contribution in [2.45, 2.75) is 32.2 Å². The first kappa shape index (κ1) is 16.0. The summed E-state index contributed by atoms with van der Waals surface area (Å²) in [6.45, 7) is 5.80. The summed E-state index contributed by atoms with van der Waals surface area (Å²) in [5.74, 6) is 5.37. The van der Waals surface area contributed by atoms with Crippen LogP contribution in [0.1, 0.15) is 21.6 Å². The van der Waals surface area contributed by atoms with Crippen LogP contribution in [0.3, 0.4) is 0 Å². The summed E-state index contributed by atoms with van der Waals surface area (Å²) in [6.07, 6.45) is 0. The van der Waals surface area contributed by atoms with Gasteiger partial charge in [0, 0.05) is 17.1 Å². The van der Waals surface area contributed by atoms with Crippen LogP contribution < -0.4 is 16.0 Å². The largest absolute Gasteiger partial charge is 0.324 e. The van der Waals surface area contributed by atoms with Crippen LogP contribution in [0.15, 0.2) is 28.5 Å². The molecule has 0 unspecified atom stereocenters. The number of sulfonamides is 1. The second kappa shape index (κ2) is 6.15. The number of thiophene rings is 1. The molecule has 21 heavy (non-hydrogen) atoms. The minimum absolute atomic E-state index is 0.307. The van der Waals surface area contributed by atoms with E-state index in [4.69, 9.17) is 5.84 Å². The predicted molar refractivity (Wildman–Crippen MR) is 86.8 cm³/mol. The van der Waals surface area contributed by atoms with E-state index in [1.54, 1.807) is 37.3 Å². The van der Waals surface area contributed by atoms with Crippen LogP contribution in [0.25, 0.3) is 0 Å². The molecular formula is C14H19N3O2S2. The Bertz CT molecular complexity index is 728. The Morgan fingerprint density at radius 1 is 1.14 bits per heavy atom. The smallest absolute Gasteiger partial charge is 0.241 e. The first-order chi connectivity index (χ1) is 9.85. The zero-order valence-corrected chi connectivity index (χ0v) is 13.9. The quantitative estimate of drug-likeness (QED) is 0.582. The van der Waals surface area contributed by atoms with Crippen molar-refractivity contribution in [3.05, 3.63) is 45.1 Å². The molecule has 2 rings (SSSR count). The van der Waals surface area contributed by atoms with E-state index in [1.807, 2.05) is 18.4 Å². The van der Waals surface area contributed by atoms with Gasteiger partial charge in [-0.2, -0.15) is 0 Å². The van der Waals surface area contributed by atoms with Gasteiger partial charge in [0.2, 0.25) is 10.0 Å². The monoisotopic (exact) mass is 325 g/mol. The second-order valence-corrected chi connectivity index (χ2v) is 7.64. The fourth-order valence-corrected chi connectivity index (χ4v) is 4.66. The van der Waals surface area contributed by atoms with Crippen LogP contribution in [0, 0.1) is 20.8 Å². The number of aryl methyl sites for hydroxylation is 3. The van der Waals surface area contributed by atoms with Crippen molar-refractivity contribution in [1.82, 2.24) is 4.72 Å². The molecule has 7 heteroatoms. The summed E-state index contributed by atoms with van der Waals surface area (Å²) in [6, 6.07) is 5.42. The molecule has 0 fully saturated rings. The Kier molecular flexibility index (Phi) is 4.67. The zero-order chi connectivity index (χ0) is 15.6. The van der Waals surface area contributed by atoms with Gasteiger partial charge in [0.15, 0.2) is 0 Å². The summed E-state index contributed by atoms with van der Waals surface area (Å²) in [5.41, 5.74) is 5.65. The van der Waals surface area contributed by atoms with Gasteiger partial charge in [-0.25, -0.2) is 13.1 Å². The van der Waals surface area contributed by atoms with Gasteiger partial charge in [-0.1, -0.05) is 0 Å². The topological polar surface area (TPSA) is 84.2 Å². The highest BCUT2D eigenvalue weighted by Crippen LogP contribution is 2.24. The lowest BCUT2D eigenvalue weighted by Crippen LogP contribution is -2.25. The van der Waals surface area contributed by atoms with E-state index >= 15 is 0 Å². The summed E-state index contributed by atoms with van der Waals surface area (Å²) in [4.78, 5) is 1.34. The van der Waals surface area contributed by atoms with Crippen LogP contribution in [0.5, 0.6) is 0 Å². The highest BCUT2D eigenvalue weighted by molar-refractivity contribution is 7.89. The molecule has 0 aliphatic rings. The third kappa shape index (κ3) is 3.44. The summed E-state index contributed by atoms with van der Waals surface area (Å²) in [7, 11) is -3.55. The molecule has 0 saturated carbocycles. The molecule has 1 heterocycles. The van der Waals surface area contributed by atoms with Crippen LogP contribution in [0.2, 0.25) is 0 Å². The van der Waals surface area contributed by atoms with Crippen molar-refractivity contribution >= 4 is 27.0 Å². The SMILES string of the molecule is Cc1ccsc1CNS(=O)(=O)c1c(C)cc(NN)cc1C. The van der Waals surface area contributed by atoms with Gasteiger partial charge < -0.3 is 5.43 Å². The average Bonchev–Trinajstić information content (AvgIpc) is 2.80. The van der Waals surface area contributed by atoms with E-state index in [0.29, 0.717) is 28.3 Å². The molecular weight excluding hydrogens is 306 g/mol. The molecule has 114 valence electrons. The molecule has 0 saturated heterocycles. The Morgan fingerprint density at radius 2 is 1.76 bits per heavy atom. The normalized spacial score (nSPS) is 11.6. The fraction of sp³-hybridized carbons (Fsp3) is 0.286. The molecule has 0 spiro atoms. The Labute approximate surface area is 129 Å². The van der Waals surface area contributed by atoms with Crippen molar-refractivity contribution in [2.75, 3.05) is 5.43 Å². The van der Waals surface area contributed by atoms with Gasteiger partial charge in [-0.05, 0) is 61.0 Å². The van der Waals surface area contributed by atoms with Gasteiger partial charge >= 0.3 is 0 Å². The summed E-state index contributed by atoms with van der Waals surface area (Å²) in [5, 5.41) is 1.96. The molecule has 5 nitrogen and oxygen atoms in total. The average molecular weight is 325 g/mol.